The van der Waals surface area contributed by atoms with Gasteiger partial charge in [0.1, 0.15) is 98.7 Å². The molecule has 0 aromatic rings. The van der Waals surface area contributed by atoms with E-state index < -0.39 is 156 Å². The molecule has 1 saturated carbocycles. The number of carbonyl (C=O) groups excluding carboxylic acids is 3. The highest BCUT2D eigenvalue weighted by Gasteiger charge is 2.58. The summed E-state index contributed by atoms with van der Waals surface area (Å²) in [4.78, 5) is 50.8. The molecular weight excluding hydrogens is 1290 g/mol. The number of esters is 3. The summed E-state index contributed by atoms with van der Waals surface area (Å²) >= 11 is 0. The second-order valence-electron chi connectivity index (χ2n) is 27.4. The predicted molar refractivity (Wildman–Crippen MR) is 370 cm³/mol. The number of carbonyl (C=O) groups is 3. The Morgan fingerprint density at radius 1 is 0.418 bits per heavy atom. The molecule has 1 aliphatic carbocycles. The monoisotopic (exact) mass is 1420 g/mol. The van der Waals surface area contributed by atoms with Crippen molar-refractivity contribution in [1.82, 2.24) is 0 Å². The Labute approximate surface area is 585 Å². The van der Waals surface area contributed by atoms with E-state index in [1.165, 1.54) is 160 Å². The van der Waals surface area contributed by atoms with Gasteiger partial charge in [0.25, 0.3) is 0 Å². The van der Waals surface area contributed by atoms with Crippen LogP contribution in [0.1, 0.15) is 290 Å². The molecular formula is C73H133O24P. The van der Waals surface area contributed by atoms with Gasteiger partial charge in [-0.25, -0.2) is 9.36 Å². The van der Waals surface area contributed by atoms with E-state index in [1.54, 1.807) is 6.08 Å². The highest BCUT2D eigenvalue weighted by atomic mass is 31.2. The second kappa shape index (κ2) is 55.0. The quantitative estimate of drug-likeness (QED) is 0.00673. The van der Waals surface area contributed by atoms with Crippen molar-refractivity contribution in [2.75, 3.05) is 26.4 Å². The number of unbranched alkanes of at least 4 members (excludes halogenated alkanes) is 37. The van der Waals surface area contributed by atoms with Crippen molar-refractivity contribution in [3.05, 3.63) is 24.3 Å². The first kappa shape index (κ1) is 89.7. The van der Waals surface area contributed by atoms with Gasteiger partial charge >= 0.3 is 25.7 Å². The highest BCUT2D eigenvalue weighted by Crippen LogP contribution is 2.49. The second-order valence-corrected chi connectivity index (χ2v) is 28.9. The van der Waals surface area contributed by atoms with Crippen LogP contribution in [0, 0.1) is 0 Å². The molecule has 0 radical (unpaired) electrons. The van der Waals surface area contributed by atoms with Crippen molar-refractivity contribution in [2.45, 2.75) is 395 Å². The molecule has 18 atom stereocenters. The van der Waals surface area contributed by atoms with Gasteiger partial charge in [-0.05, 0) is 25.7 Å². The summed E-state index contributed by atoms with van der Waals surface area (Å²) in [5.41, 5.74) is 0. The van der Waals surface area contributed by atoms with Crippen molar-refractivity contribution in [3.63, 3.8) is 0 Å². The van der Waals surface area contributed by atoms with Gasteiger partial charge in [0.05, 0.1) is 13.2 Å². The Bertz CT molecular complexity index is 2120. The van der Waals surface area contributed by atoms with E-state index in [4.69, 9.17) is 42.2 Å². The van der Waals surface area contributed by atoms with Crippen LogP contribution in [0.25, 0.3) is 0 Å². The third-order valence-electron chi connectivity index (χ3n) is 18.8. The Balaban J connectivity index is 1.73. The molecule has 2 saturated heterocycles. The van der Waals surface area contributed by atoms with Gasteiger partial charge in [-0.1, -0.05) is 270 Å². The zero-order valence-electron chi connectivity index (χ0n) is 59.8. The lowest BCUT2D eigenvalue weighted by Gasteiger charge is -2.49. The van der Waals surface area contributed by atoms with Crippen LogP contribution in [-0.2, 0) is 61.2 Å². The molecule has 3 rings (SSSR count). The number of ether oxygens (including phenoxy) is 7. The maximum Gasteiger partial charge on any atom is 0.472 e. The number of hydrogen-bond donors (Lipinski definition) is 11. The van der Waals surface area contributed by atoms with E-state index in [0.29, 0.717) is 12.8 Å². The summed E-state index contributed by atoms with van der Waals surface area (Å²) in [6, 6.07) is 0. The normalized spacial score (nSPS) is 27.7. The minimum atomic E-state index is -5.71. The average Bonchev–Trinajstić information content (AvgIpc) is 0.761. The molecule has 3 aliphatic rings. The van der Waals surface area contributed by atoms with Crippen LogP contribution >= 0.6 is 7.82 Å². The topological polar surface area (TPSA) is 374 Å². The molecule has 2 heterocycles. The fraction of sp³-hybridized carbons (Fsp3) is 0.904. The van der Waals surface area contributed by atoms with Crippen LogP contribution in [0.5, 0.6) is 0 Å². The van der Waals surface area contributed by atoms with Crippen LogP contribution in [0.4, 0.5) is 0 Å². The molecule has 0 bridgehead atoms. The van der Waals surface area contributed by atoms with Gasteiger partial charge in [0.2, 0.25) is 0 Å². The largest absolute Gasteiger partial charge is 0.472 e. The van der Waals surface area contributed by atoms with Gasteiger partial charge in [0.15, 0.2) is 18.7 Å². The summed E-state index contributed by atoms with van der Waals surface area (Å²) in [7, 11) is -5.71. The Morgan fingerprint density at radius 3 is 1.20 bits per heavy atom. The molecule has 0 amide bonds. The Hall–Kier alpha value is -2.56. The number of phosphoric acid groups is 1. The Kier molecular flexibility index (Phi) is 50.3. The molecule has 25 heteroatoms. The molecule has 2 aliphatic heterocycles. The van der Waals surface area contributed by atoms with E-state index in [9.17, 15) is 74.9 Å². The first-order chi connectivity index (χ1) is 47.3. The maximum atomic E-state index is 14.3. The van der Waals surface area contributed by atoms with E-state index >= 15 is 0 Å². The average molecular weight is 1430 g/mol. The Morgan fingerprint density at radius 2 is 0.786 bits per heavy atom. The third kappa shape index (κ3) is 37.7. The number of aliphatic hydroxyl groups is 10. The molecule has 24 nitrogen and oxygen atoms in total. The first-order valence-corrected chi connectivity index (χ1v) is 39.7. The summed E-state index contributed by atoms with van der Waals surface area (Å²) in [6.45, 7) is 3.33. The number of allylic oxidation sites excluding steroid dienone is 3. The van der Waals surface area contributed by atoms with Crippen molar-refractivity contribution < 1.29 is 117 Å². The molecule has 3 fully saturated rings. The fourth-order valence-electron chi connectivity index (χ4n) is 12.6. The lowest BCUT2D eigenvalue weighted by Crippen LogP contribution is -2.69. The first-order valence-electron chi connectivity index (χ1n) is 38.2. The summed E-state index contributed by atoms with van der Waals surface area (Å²) in [5, 5.41) is 110. The SMILES string of the molecule is CCCCCCCCCCCCC/C=C/C=C/C(=O)OCC(COP(=O)(O)OC1C(OC2OC(CO)C(O)C(O)C2O)C(O)C(O)C(O)C1OC1OC(COC(=O)CCCCCCCCCCCCCCCCCCC)C(O)C(O)C1O)OC(=O)CCCCCCCCCCCCC. The molecule has 0 aromatic heterocycles. The fourth-order valence-corrected chi connectivity index (χ4v) is 13.6. The lowest BCUT2D eigenvalue weighted by molar-refractivity contribution is -0.360. The van der Waals surface area contributed by atoms with Crippen LogP contribution < -0.4 is 0 Å². The molecule has 18 unspecified atom stereocenters. The van der Waals surface area contributed by atoms with E-state index in [0.717, 1.165) is 96.0 Å². The van der Waals surface area contributed by atoms with Crippen LogP contribution in [0.2, 0.25) is 0 Å². The van der Waals surface area contributed by atoms with Gasteiger partial charge < -0.3 is 89.1 Å². The number of rotatable bonds is 59. The van der Waals surface area contributed by atoms with Crippen molar-refractivity contribution in [2.24, 2.45) is 0 Å². The van der Waals surface area contributed by atoms with Crippen LogP contribution in [0.3, 0.4) is 0 Å². The molecule has 0 spiro atoms. The summed E-state index contributed by atoms with van der Waals surface area (Å²) in [6.07, 6.45) is 16.0. The molecule has 0 aromatic carbocycles. The van der Waals surface area contributed by atoms with E-state index in [-0.39, 0.29) is 12.8 Å². The molecule has 98 heavy (non-hydrogen) atoms. The van der Waals surface area contributed by atoms with Gasteiger partial charge in [-0.2, -0.15) is 0 Å². The minimum Gasteiger partial charge on any atom is -0.463 e. The van der Waals surface area contributed by atoms with E-state index in [1.807, 2.05) is 6.08 Å². The predicted octanol–water partition coefficient (Wildman–Crippen LogP) is 10.5. The van der Waals surface area contributed by atoms with Crippen LogP contribution in [-0.4, -0.2) is 204 Å². The zero-order chi connectivity index (χ0) is 71.8. The van der Waals surface area contributed by atoms with Gasteiger partial charge in [-0.3, -0.25) is 18.6 Å². The zero-order valence-corrected chi connectivity index (χ0v) is 60.7. The highest BCUT2D eigenvalue weighted by molar-refractivity contribution is 7.47. The number of phosphoric ester groups is 1. The maximum absolute atomic E-state index is 14.3. The number of hydrogen-bond acceptors (Lipinski definition) is 23. The van der Waals surface area contributed by atoms with Crippen molar-refractivity contribution in [1.29, 1.82) is 0 Å². The van der Waals surface area contributed by atoms with Crippen LogP contribution in [0.15, 0.2) is 24.3 Å². The van der Waals surface area contributed by atoms with Gasteiger partial charge in [-0.15, -0.1) is 0 Å². The lowest BCUT2D eigenvalue weighted by atomic mass is 9.84. The standard InChI is InChI=1S/C73H133O24P/c1-4-7-10-13-16-19-22-24-26-27-29-31-34-36-39-42-45-48-58(76)90-53-56-61(79)63(81)68(86)73(94-56)96-70-66(84)64(82)65(83)69(95-72-67(85)62(80)60(78)55(50-74)93-72)71(70)97-98(87,88)91-52-54(92-59(77)49-46-43-40-37-32-21-18-15-12-9-6-3)51-89-57(75)47-44-41-38-35-33-30-28-25-23-20-17-14-11-8-5-2/h38,41,44,47,54-56,60-74,78-86H,4-37,39-40,42-43,45-46,48-53H2,1-3H3,(H,87,88)/b41-38+,47-44+. The van der Waals surface area contributed by atoms with Crippen molar-refractivity contribution >= 4 is 25.7 Å². The molecule has 574 valence electrons. The minimum absolute atomic E-state index is 0.0294. The number of aliphatic hydroxyl groups excluding tert-OH is 10. The van der Waals surface area contributed by atoms with E-state index in [2.05, 4.69) is 20.8 Å². The van der Waals surface area contributed by atoms with Gasteiger partial charge in [0, 0.05) is 18.9 Å². The summed E-state index contributed by atoms with van der Waals surface area (Å²) in [5.74, 6) is -2.24. The third-order valence-corrected chi connectivity index (χ3v) is 19.8. The summed E-state index contributed by atoms with van der Waals surface area (Å²) < 4.78 is 64.8. The molecule has 11 N–H and O–H groups in total. The van der Waals surface area contributed by atoms with Crippen molar-refractivity contribution in [3.8, 4) is 0 Å². The smallest absolute Gasteiger partial charge is 0.463 e.